The van der Waals surface area contributed by atoms with Crippen LogP contribution in [-0.2, 0) is 10.3 Å². The van der Waals surface area contributed by atoms with E-state index >= 15 is 0 Å². The first-order chi connectivity index (χ1) is 11.4. The maximum absolute atomic E-state index is 14.0. The molecule has 2 aliphatic rings. The lowest BCUT2D eigenvalue weighted by molar-refractivity contribution is -0.282. The van der Waals surface area contributed by atoms with Crippen molar-refractivity contribution in [3.8, 4) is 6.19 Å². The maximum Gasteiger partial charge on any atom is 0.423 e. The van der Waals surface area contributed by atoms with Gasteiger partial charge in [-0.1, -0.05) is 11.6 Å². The van der Waals surface area contributed by atoms with Gasteiger partial charge in [-0.25, -0.2) is 0 Å². The molecule has 1 fully saturated rings. The van der Waals surface area contributed by atoms with Crippen molar-refractivity contribution >= 4 is 23.2 Å². The van der Waals surface area contributed by atoms with Crippen LogP contribution in [-0.4, -0.2) is 25.3 Å². The van der Waals surface area contributed by atoms with Crippen molar-refractivity contribution in [1.29, 1.82) is 5.26 Å². The van der Waals surface area contributed by atoms with Crippen molar-refractivity contribution in [3.63, 3.8) is 0 Å². The average Bonchev–Trinajstić information content (AvgIpc) is 3.32. The Bertz CT molecular complexity index is 712. The van der Waals surface area contributed by atoms with Crippen molar-refractivity contribution < 1.29 is 17.9 Å². The minimum atomic E-state index is -4.68. The molecular formula is C15H14ClF3N4O. The lowest BCUT2D eigenvalue weighted by Crippen LogP contribution is -2.52. The quantitative estimate of drug-likeness (QED) is 0.813. The number of halogens is 4. The molecule has 1 heterocycles. The van der Waals surface area contributed by atoms with Gasteiger partial charge in [0.25, 0.3) is 0 Å². The van der Waals surface area contributed by atoms with Crippen LogP contribution in [0.5, 0.6) is 0 Å². The molecule has 0 radical (unpaired) electrons. The van der Waals surface area contributed by atoms with Crippen molar-refractivity contribution in [1.82, 2.24) is 5.32 Å². The number of hydrogen-bond donors (Lipinski definition) is 2. The minimum absolute atomic E-state index is 0.0118. The average molecular weight is 359 g/mol. The topological polar surface area (TPSA) is 69.4 Å². The van der Waals surface area contributed by atoms with Gasteiger partial charge in [-0.05, 0) is 37.0 Å². The van der Waals surface area contributed by atoms with Gasteiger partial charge in [0.05, 0.1) is 13.2 Å². The second kappa shape index (κ2) is 6.15. The fourth-order valence-electron chi connectivity index (χ4n) is 2.56. The Hall–Kier alpha value is -1.98. The summed E-state index contributed by atoms with van der Waals surface area (Å²) in [4.78, 5) is 3.46. The number of nitrogens with one attached hydrogen (secondary N) is 2. The van der Waals surface area contributed by atoms with Gasteiger partial charge in [0.2, 0.25) is 17.8 Å². The Kier molecular flexibility index (Phi) is 4.32. The smallest absolute Gasteiger partial charge is 0.359 e. The van der Waals surface area contributed by atoms with E-state index in [9.17, 15) is 13.2 Å². The Labute approximate surface area is 141 Å². The number of hydrogen-bond acceptors (Lipinski definition) is 3. The number of anilines is 1. The van der Waals surface area contributed by atoms with Gasteiger partial charge in [-0.3, -0.25) is 0 Å². The number of alkyl halides is 3. The molecule has 0 saturated heterocycles. The highest BCUT2D eigenvalue weighted by atomic mass is 35.5. The number of benzene rings is 1. The molecule has 3 rings (SSSR count). The summed E-state index contributed by atoms with van der Waals surface area (Å²) in [6.07, 6.45) is -1.41. The predicted octanol–water partition coefficient (Wildman–Crippen LogP) is 3.38. The van der Waals surface area contributed by atoms with E-state index in [4.69, 9.17) is 21.6 Å². The number of rotatable bonds is 3. The Morgan fingerprint density at radius 3 is 2.79 bits per heavy atom. The number of fused-ring (bicyclic) bond motifs is 1. The van der Waals surface area contributed by atoms with Crippen LogP contribution in [0.4, 0.5) is 18.9 Å². The summed E-state index contributed by atoms with van der Waals surface area (Å²) in [6.45, 7) is -0.595. The first-order valence-electron chi connectivity index (χ1n) is 7.34. The lowest BCUT2D eigenvalue weighted by atomic mass is 9.91. The number of ether oxygens (including phenoxy) is 1. The molecule has 5 nitrogen and oxygen atoms in total. The van der Waals surface area contributed by atoms with Gasteiger partial charge < -0.3 is 15.4 Å². The second-order valence-electron chi connectivity index (χ2n) is 5.81. The van der Waals surface area contributed by atoms with E-state index in [1.54, 1.807) is 6.19 Å². The normalized spacial score (nSPS) is 25.2. The van der Waals surface area contributed by atoms with Crippen LogP contribution >= 0.6 is 11.6 Å². The highest BCUT2D eigenvalue weighted by Gasteiger charge is 2.59. The van der Waals surface area contributed by atoms with Crippen LogP contribution in [0.15, 0.2) is 23.2 Å². The molecule has 9 heteroatoms. The van der Waals surface area contributed by atoms with Crippen LogP contribution in [0.1, 0.15) is 18.4 Å². The molecule has 24 heavy (non-hydrogen) atoms. The molecule has 128 valence electrons. The molecular weight excluding hydrogens is 345 g/mol. The van der Waals surface area contributed by atoms with E-state index in [1.165, 1.54) is 18.2 Å². The predicted molar refractivity (Wildman–Crippen MR) is 82.5 cm³/mol. The van der Waals surface area contributed by atoms with Crippen molar-refractivity contribution in [2.24, 2.45) is 10.9 Å². The Balaban J connectivity index is 2.11. The summed E-state index contributed by atoms with van der Waals surface area (Å²) in [5, 5.41) is 14.1. The van der Waals surface area contributed by atoms with E-state index in [0.717, 1.165) is 12.8 Å². The largest absolute Gasteiger partial charge is 0.423 e. The zero-order valence-corrected chi connectivity index (χ0v) is 13.2. The number of nitrogens with zero attached hydrogens (tertiary/aromatic N) is 2. The van der Waals surface area contributed by atoms with Crippen LogP contribution in [0.2, 0.25) is 5.02 Å². The van der Waals surface area contributed by atoms with E-state index in [-0.39, 0.29) is 34.8 Å². The third kappa shape index (κ3) is 3.14. The summed E-state index contributed by atoms with van der Waals surface area (Å²) in [5.74, 6) is 0.0811. The van der Waals surface area contributed by atoms with E-state index < -0.39 is 18.3 Å². The Morgan fingerprint density at radius 2 is 2.17 bits per heavy atom. The molecule has 0 amide bonds. The fourth-order valence-corrected chi connectivity index (χ4v) is 2.73. The van der Waals surface area contributed by atoms with Gasteiger partial charge >= 0.3 is 6.18 Å². The monoisotopic (exact) mass is 358 g/mol. The lowest BCUT2D eigenvalue weighted by Gasteiger charge is -2.35. The van der Waals surface area contributed by atoms with Gasteiger partial charge in [-0.15, -0.1) is 4.99 Å². The SMILES string of the molecule is N#C/N=C1/NCC(OCC2CC2)(C(F)(F)F)c2cc(Cl)ccc2N1. The number of guanidine groups is 1. The summed E-state index contributed by atoms with van der Waals surface area (Å²) in [5.41, 5.74) is -2.56. The Morgan fingerprint density at radius 1 is 1.42 bits per heavy atom. The van der Waals surface area contributed by atoms with Crippen LogP contribution in [0, 0.1) is 17.4 Å². The third-order valence-electron chi connectivity index (χ3n) is 4.06. The van der Waals surface area contributed by atoms with Gasteiger partial charge in [-0.2, -0.15) is 18.4 Å². The van der Waals surface area contributed by atoms with Gasteiger partial charge in [0.15, 0.2) is 0 Å². The van der Waals surface area contributed by atoms with Crippen molar-refractivity contribution in [2.45, 2.75) is 24.6 Å². The summed E-state index contributed by atoms with van der Waals surface area (Å²) >= 11 is 5.93. The zero-order chi connectivity index (χ0) is 17.4. The minimum Gasteiger partial charge on any atom is -0.359 e. The van der Waals surface area contributed by atoms with Crippen LogP contribution in [0.3, 0.4) is 0 Å². The molecule has 1 aliphatic carbocycles. The van der Waals surface area contributed by atoms with Gasteiger partial charge in [0.1, 0.15) is 0 Å². The van der Waals surface area contributed by atoms with Crippen molar-refractivity contribution in [2.75, 3.05) is 18.5 Å². The molecule has 0 aromatic heterocycles. The standard InChI is InChI=1S/C15H14ClF3N4O/c16-10-3-4-12-11(5-10)14(15(17,18)19,24-6-9-1-2-9)7-21-13(23-12)22-8-20/h3-5,9H,1-2,6-7H2,(H2,21,22,23). The molecule has 1 aromatic carbocycles. The summed E-state index contributed by atoms with van der Waals surface area (Å²) in [6, 6.07) is 4.12. The molecule has 2 N–H and O–H groups in total. The highest BCUT2D eigenvalue weighted by molar-refractivity contribution is 6.30. The third-order valence-corrected chi connectivity index (χ3v) is 4.29. The second-order valence-corrected chi connectivity index (χ2v) is 6.24. The number of nitriles is 1. The van der Waals surface area contributed by atoms with Crippen LogP contribution < -0.4 is 10.6 Å². The van der Waals surface area contributed by atoms with Gasteiger partial charge in [0, 0.05) is 16.3 Å². The first-order valence-corrected chi connectivity index (χ1v) is 7.72. The summed E-state index contributed by atoms with van der Waals surface area (Å²) < 4.78 is 47.5. The fraction of sp³-hybridized carbons (Fsp3) is 0.467. The maximum atomic E-state index is 14.0. The summed E-state index contributed by atoms with van der Waals surface area (Å²) in [7, 11) is 0. The molecule has 1 unspecified atom stereocenters. The molecule has 1 aromatic rings. The number of aliphatic imine (C=N–C) groups is 1. The molecule has 0 spiro atoms. The van der Waals surface area contributed by atoms with Crippen LogP contribution in [0.25, 0.3) is 0 Å². The molecule has 0 bridgehead atoms. The van der Waals surface area contributed by atoms with Crippen molar-refractivity contribution in [3.05, 3.63) is 28.8 Å². The highest BCUT2D eigenvalue weighted by Crippen LogP contribution is 2.47. The van der Waals surface area contributed by atoms with E-state index in [2.05, 4.69) is 15.6 Å². The van der Waals surface area contributed by atoms with E-state index in [1.807, 2.05) is 0 Å². The zero-order valence-electron chi connectivity index (χ0n) is 12.5. The van der Waals surface area contributed by atoms with E-state index in [0.29, 0.717) is 0 Å². The molecule has 1 aliphatic heterocycles. The first kappa shape index (κ1) is 16.9. The molecule has 1 saturated carbocycles. The molecule has 1 atom stereocenters.